The molecular weight excluding hydrogens is 594 g/mol. The van der Waals surface area contributed by atoms with Crippen molar-refractivity contribution in [2.75, 3.05) is 12.3 Å². The first-order chi connectivity index (χ1) is 21.4. The van der Waals surface area contributed by atoms with Crippen molar-refractivity contribution in [2.24, 2.45) is 23.5 Å². The van der Waals surface area contributed by atoms with Crippen LogP contribution in [0.1, 0.15) is 76.5 Å². The average Bonchev–Trinajstić information content (AvgIpc) is 3.75. The Morgan fingerprint density at radius 1 is 1.02 bits per heavy atom. The van der Waals surface area contributed by atoms with Gasteiger partial charge in [-0.2, -0.15) is 0 Å². The predicted octanol–water partition coefficient (Wildman–Crippen LogP) is 2.04. The van der Waals surface area contributed by atoms with Gasteiger partial charge in [0, 0.05) is 24.9 Å². The SMILES string of the molecule is CC(C)(CN)S(=O)(=O)CC(Cc1ccccc1)C(=O)N[C@@H](Cc1cnc[nH]1)C(=O)N[C@@H](CC1CCCCC1)[C@@H](O)[C@@H](O)C1CC1. The van der Waals surface area contributed by atoms with Crippen LogP contribution in [0.25, 0.3) is 0 Å². The van der Waals surface area contributed by atoms with E-state index in [0.717, 1.165) is 44.1 Å². The topological polar surface area (TPSA) is 187 Å². The van der Waals surface area contributed by atoms with E-state index in [-0.39, 0.29) is 25.3 Å². The quantitative estimate of drug-likeness (QED) is 0.151. The molecule has 0 bridgehead atoms. The zero-order chi connectivity index (χ0) is 32.6. The first kappa shape index (κ1) is 35.1. The van der Waals surface area contributed by atoms with E-state index in [2.05, 4.69) is 20.6 Å². The lowest BCUT2D eigenvalue weighted by molar-refractivity contribution is -0.132. The zero-order valence-electron chi connectivity index (χ0n) is 26.5. The average molecular weight is 646 g/mol. The third-order valence-corrected chi connectivity index (χ3v) is 12.3. The number of aliphatic hydroxyl groups excluding tert-OH is 2. The van der Waals surface area contributed by atoms with Gasteiger partial charge in [0.15, 0.2) is 9.84 Å². The second-order valence-corrected chi connectivity index (χ2v) is 16.3. The number of imidazole rings is 1. The molecule has 2 saturated carbocycles. The molecule has 1 aromatic heterocycles. The van der Waals surface area contributed by atoms with Crippen molar-refractivity contribution in [3.05, 3.63) is 54.1 Å². The summed E-state index contributed by atoms with van der Waals surface area (Å²) in [5, 5.41) is 27.9. The second kappa shape index (κ2) is 15.7. The van der Waals surface area contributed by atoms with Crippen LogP contribution in [0.4, 0.5) is 0 Å². The summed E-state index contributed by atoms with van der Waals surface area (Å²) in [5.74, 6) is -2.17. The maximum atomic E-state index is 14.0. The van der Waals surface area contributed by atoms with Gasteiger partial charge in [-0.15, -0.1) is 0 Å². The Kier molecular flexibility index (Phi) is 12.2. The first-order valence-electron chi connectivity index (χ1n) is 16.3. The number of hydrogen-bond acceptors (Lipinski definition) is 8. The Morgan fingerprint density at radius 3 is 2.31 bits per heavy atom. The highest BCUT2D eigenvalue weighted by molar-refractivity contribution is 7.92. The monoisotopic (exact) mass is 645 g/mol. The van der Waals surface area contributed by atoms with Gasteiger partial charge in [-0.05, 0) is 56.9 Å². The molecule has 1 aromatic carbocycles. The molecule has 45 heavy (non-hydrogen) atoms. The molecule has 0 aliphatic heterocycles. The molecule has 2 aliphatic carbocycles. The van der Waals surface area contributed by atoms with E-state index < -0.39 is 62.4 Å². The molecule has 1 heterocycles. The van der Waals surface area contributed by atoms with Crippen molar-refractivity contribution in [3.8, 4) is 0 Å². The van der Waals surface area contributed by atoms with Crippen LogP contribution in [0, 0.1) is 17.8 Å². The van der Waals surface area contributed by atoms with Crippen LogP contribution in [0.5, 0.6) is 0 Å². The van der Waals surface area contributed by atoms with Gasteiger partial charge in [0.25, 0.3) is 0 Å². The minimum absolute atomic E-state index is 0.0183. The lowest BCUT2D eigenvalue weighted by Gasteiger charge is -2.33. The highest BCUT2D eigenvalue weighted by Gasteiger charge is 2.41. The molecule has 12 heteroatoms. The van der Waals surface area contributed by atoms with E-state index in [1.54, 1.807) is 20.0 Å². The van der Waals surface area contributed by atoms with Gasteiger partial charge in [-0.1, -0.05) is 62.4 Å². The molecule has 2 aliphatic rings. The number of aromatic amines is 1. The van der Waals surface area contributed by atoms with Crippen molar-refractivity contribution >= 4 is 21.7 Å². The summed E-state index contributed by atoms with van der Waals surface area (Å²) < 4.78 is 25.6. The molecule has 2 aromatic rings. The molecule has 11 nitrogen and oxygen atoms in total. The summed E-state index contributed by atoms with van der Waals surface area (Å²) in [6, 6.07) is 7.38. The number of sulfone groups is 1. The summed E-state index contributed by atoms with van der Waals surface area (Å²) >= 11 is 0. The van der Waals surface area contributed by atoms with Gasteiger partial charge in [-0.3, -0.25) is 9.59 Å². The normalized spacial score (nSPS) is 19.7. The Hall–Kier alpha value is -2.80. The molecule has 2 amide bonds. The van der Waals surface area contributed by atoms with Crippen LogP contribution in [0.2, 0.25) is 0 Å². The van der Waals surface area contributed by atoms with Crippen molar-refractivity contribution in [1.29, 1.82) is 0 Å². The summed E-state index contributed by atoms with van der Waals surface area (Å²) in [6.07, 6.45) is 8.77. The zero-order valence-corrected chi connectivity index (χ0v) is 27.3. The summed E-state index contributed by atoms with van der Waals surface area (Å²) in [7, 11) is -3.80. The van der Waals surface area contributed by atoms with Crippen molar-refractivity contribution < 1.29 is 28.2 Å². The minimum atomic E-state index is -3.80. The van der Waals surface area contributed by atoms with Crippen molar-refractivity contribution in [3.63, 3.8) is 0 Å². The van der Waals surface area contributed by atoms with Gasteiger partial charge in [-0.25, -0.2) is 13.4 Å². The van der Waals surface area contributed by atoms with Crippen molar-refractivity contribution in [1.82, 2.24) is 20.6 Å². The van der Waals surface area contributed by atoms with E-state index in [9.17, 15) is 28.2 Å². The number of benzene rings is 1. The highest BCUT2D eigenvalue weighted by atomic mass is 32.2. The highest BCUT2D eigenvalue weighted by Crippen LogP contribution is 2.36. The number of amides is 2. The van der Waals surface area contributed by atoms with Crippen LogP contribution >= 0.6 is 0 Å². The maximum absolute atomic E-state index is 14.0. The van der Waals surface area contributed by atoms with Crippen LogP contribution in [-0.2, 0) is 32.3 Å². The number of hydrogen-bond donors (Lipinski definition) is 6. The predicted molar refractivity (Wildman–Crippen MR) is 173 cm³/mol. The van der Waals surface area contributed by atoms with Crippen LogP contribution in [-0.4, -0.2) is 81.7 Å². The maximum Gasteiger partial charge on any atom is 0.243 e. The van der Waals surface area contributed by atoms with Crippen LogP contribution in [0.3, 0.4) is 0 Å². The van der Waals surface area contributed by atoms with E-state index in [4.69, 9.17) is 5.73 Å². The summed E-state index contributed by atoms with van der Waals surface area (Å²) in [6.45, 7) is 2.99. The van der Waals surface area contributed by atoms with Gasteiger partial charge < -0.3 is 31.6 Å². The molecule has 5 atom stereocenters. The number of carbonyl (C=O) groups is 2. The van der Waals surface area contributed by atoms with Gasteiger partial charge in [0.2, 0.25) is 11.8 Å². The van der Waals surface area contributed by atoms with E-state index >= 15 is 0 Å². The lowest BCUT2D eigenvalue weighted by Crippen LogP contribution is -2.57. The Bertz CT molecular complexity index is 1330. The fourth-order valence-electron chi connectivity index (χ4n) is 6.16. The number of nitrogens with two attached hydrogens (primary N) is 1. The van der Waals surface area contributed by atoms with Crippen LogP contribution in [0.15, 0.2) is 42.9 Å². The molecule has 0 saturated heterocycles. The second-order valence-electron chi connectivity index (χ2n) is 13.6. The molecule has 250 valence electrons. The molecular formula is C33H51N5O6S. The number of rotatable bonds is 17. The molecule has 7 N–H and O–H groups in total. The Morgan fingerprint density at radius 2 is 1.71 bits per heavy atom. The van der Waals surface area contributed by atoms with Gasteiger partial charge >= 0.3 is 0 Å². The number of carbonyl (C=O) groups excluding carboxylic acids is 2. The minimum Gasteiger partial charge on any atom is -0.390 e. The summed E-state index contributed by atoms with van der Waals surface area (Å²) in [4.78, 5) is 34.9. The fourth-order valence-corrected chi connectivity index (χ4v) is 7.67. The molecule has 1 unspecified atom stereocenters. The van der Waals surface area contributed by atoms with E-state index in [0.29, 0.717) is 18.0 Å². The Balaban J connectivity index is 1.57. The number of H-pyrrole nitrogens is 1. The Labute approximate surface area is 267 Å². The van der Waals surface area contributed by atoms with Crippen molar-refractivity contribution in [2.45, 2.75) is 107 Å². The van der Waals surface area contributed by atoms with Crippen LogP contribution < -0.4 is 16.4 Å². The number of nitrogens with one attached hydrogen (secondary N) is 3. The number of aliphatic hydroxyl groups is 2. The standard InChI is InChI=1S/C33H51N5O6S/c1-33(2,20-34)45(43,44)19-25(15-22-9-5-3-6-10-22)31(41)38-28(17-26-18-35-21-36-26)32(42)37-27(16-23-11-7-4-8-12-23)30(40)29(39)24-13-14-24/h3,5-6,9-10,18,21,23-25,27-30,39-40H,4,7-8,11-17,19-20,34H2,1-2H3,(H,35,36)(H,37,42)(H,38,41)/t25?,27-,28-,29-,30+/m0/s1. The van der Waals surface area contributed by atoms with E-state index in [1.165, 1.54) is 12.7 Å². The molecule has 2 fully saturated rings. The summed E-state index contributed by atoms with van der Waals surface area (Å²) in [5.41, 5.74) is 7.19. The fraction of sp³-hybridized carbons (Fsp3) is 0.667. The van der Waals surface area contributed by atoms with Gasteiger partial charge in [0.1, 0.15) is 12.1 Å². The smallest absolute Gasteiger partial charge is 0.243 e. The van der Waals surface area contributed by atoms with E-state index in [1.807, 2.05) is 30.3 Å². The largest absolute Gasteiger partial charge is 0.390 e. The third-order valence-electron chi connectivity index (χ3n) is 9.57. The number of aromatic nitrogens is 2. The molecule has 0 radical (unpaired) electrons. The van der Waals surface area contributed by atoms with Gasteiger partial charge in [0.05, 0.1) is 34.9 Å². The third kappa shape index (κ3) is 9.84. The first-order valence-corrected chi connectivity index (χ1v) is 18.0. The number of nitrogens with zero attached hydrogens (tertiary/aromatic N) is 1. The molecule has 0 spiro atoms. The molecule has 4 rings (SSSR count). The lowest BCUT2D eigenvalue weighted by atomic mass is 9.82.